The van der Waals surface area contributed by atoms with Gasteiger partial charge in [0.05, 0.1) is 12.6 Å². The topological polar surface area (TPSA) is 33.7 Å². The zero-order valence-electron chi connectivity index (χ0n) is 18.1. The van der Waals surface area contributed by atoms with Crippen LogP contribution in [0.4, 0.5) is 0 Å². The molecule has 0 radical (unpaired) electrons. The van der Waals surface area contributed by atoms with Crippen LogP contribution in [0.25, 0.3) is 0 Å². The predicted octanol–water partition coefficient (Wildman–Crippen LogP) is 5.00. The summed E-state index contributed by atoms with van der Waals surface area (Å²) in [5, 5.41) is 4.39. The minimum atomic E-state index is 0.0717. The van der Waals surface area contributed by atoms with E-state index in [-0.39, 0.29) is 6.04 Å². The number of ether oxygens (including phenoxy) is 2. The highest BCUT2D eigenvalue weighted by Gasteiger charge is 2.26. The van der Waals surface area contributed by atoms with E-state index in [1.165, 1.54) is 11.1 Å². The first-order valence-electron chi connectivity index (χ1n) is 10.7. The number of hydrogen-bond donors (Lipinski definition) is 1. The van der Waals surface area contributed by atoms with Crippen LogP contribution in [0, 0.1) is 6.92 Å². The predicted molar refractivity (Wildman–Crippen MR) is 121 cm³/mol. The first kappa shape index (κ1) is 21.9. The molecular formula is C24H33ClN2O2. The van der Waals surface area contributed by atoms with Crippen molar-refractivity contribution in [3.63, 3.8) is 0 Å². The van der Waals surface area contributed by atoms with Crippen molar-refractivity contribution in [2.24, 2.45) is 0 Å². The summed E-state index contributed by atoms with van der Waals surface area (Å²) in [6.07, 6.45) is 0.989. The first-order chi connectivity index (χ1) is 14.1. The molecule has 0 fully saturated rings. The summed E-state index contributed by atoms with van der Waals surface area (Å²) in [5.41, 5.74) is 4.77. The molecule has 1 N–H and O–H groups in total. The lowest BCUT2D eigenvalue weighted by molar-refractivity contribution is 0.222. The van der Waals surface area contributed by atoms with E-state index in [0.29, 0.717) is 13.2 Å². The Bertz CT molecular complexity index is 821. The molecular weight excluding hydrogens is 384 g/mol. The van der Waals surface area contributed by atoms with E-state index in [1.807, 2.05) is 19.1 Å². The van der Waals surface area contributed by atoms with Crippen molar-refractivity contribution in [2.45, 2.75) is 40.2 Å². The molecule has 158 valence electrons. The second-order valence-corrected chi connectivity index (χ2v) is 7.88. The number of aryl methyl sites for hydroxylation is 1. The van der Waals surface area contributed by atoms with Crippen molar-refractivity contribution in [3.05, 3.63) is 57.6 Å². The number of hydrogen-bond acceptors (Lipinski definition) is 4. The maximum Gasteiger partial charge on any atom is 0.127 e. The Kier molecular flexibility index (Phi) is 7.82. The fraction of sp³-hybridized carbons (Fsp3) is 0.500. The van der Waals surface area contributed by atoms with Gasteiger partial charge in [-0.05, 0) is 74.3 Å². The van der Waals surface area contributed by atoms with Crippen molar-refractivity contribution in [2.75, 3.05) is 39.4 Å². The molecule has 0 aliphatic carbocycles. The van der Waals surface area contributed by atoms with Gasteiger partial charge in [-0.2, -0.15) is 0 Å². The molecule has 0 spiro atoms. The van der Waals surface area contributed by atoms with Gasteiger partial charge in [0.1, 0.15) is 18.1 Å². The molecule has 2 aromatic rings. The largest absolute Gasteiger partial charge is 0.493 e. The first-order valence-corrected chi connectivity index (χ1v) is 11.1. The van der Waals surface area contributed by atoms with Crippen LogP contribution in [-0.2, 0) is 6.42 Å². The minimum Gasteiger partial charge on any atom is -0.493 e. The summed E-state index contributed by atoms with van der Waals surface area (Å²) in [5.74, 6) is 1.88. The molecule has 1 heterocycles. The van der Waals surface area contributed by atoms with E-state index in [4.69, 9.17) is 21.1 Å². The van der Waals surface area contributed by atoms with Gasteiger partial charge in [-0.25, -0.2) is 0 Å². The second kappa shape index (κ2) is 10.3. The molecule has 3 rings (SSSR count). The van der Waals surface area contributed by atoms with E-state index < -0.39 is 0 Å². The zero-order chi connectivity index (χ0) is 20.8. The van der Waals surface area contributed by atoms with Crippen LogP contribution in [0.2, 0.25) is 5.02 Å². The molecule has 2 aromatic carbocycles. The van der Waals surface area contributed by atoms with Gasteiger partial charge in [-0.1, -0.05) is 31.5 Å². The Morgan fingerprint density at radius 3 is 2.59 bits per heavy atom. The lowest BCUT2D eigenvalue weighted by Crippen LogP contribution is -2.31. The highest BCUT2D eigenvalue weighted by molar-refractivity contribution is 6.30. The van der Waals surface area contributed by atoms with E-state index in [2.05, 4.69) is 49.2 Å². The lowest BCUT2D eigenvalue weighted by atomic mass is 9.88. The van der Waals surface area contributed by atoms with E-state index in [9.17, 15) is 0 Å². The molecule has 0 aromatic heterocycles. The van der Waals surface area contributed by atoms with Gasteiger partial charge < -0.3 is 19.7 Å². The van der Waals surface area contributed by atoms with Crippen LogP contribution in [-0.4, -0.2) is 44.3 Å². The number of nitrogens with zero attached hydrogens (tertiary/aromatic N) is 1. The number of likely N-dealkylation sites (N-methyl/N-ethyl adjacent to an activating group) is 1. The van der Waals surface area contributed by atoms with Crippen LogP contribution in [0.1, 0.15) is 49.1 Å². The average Bonchev–Trinajstić information content (AvgIpc) is 2.72. The summed E-state index contributed by atoms with van der Waals surface area (Å²) >= 11 is 6.39. The third kappa shape index (κ3) is 5.25. The van der Waals surface area contributed by atoms with Crippen LogP contribution >= 0.6 is 11.6 Å². The lowest BCUT2D eigenvalue weighted by Gasteiger charge is -2.30. The van der Waals surface area contributed by atoms with Gasteiger partial charge in [0.25, 0.3) is 0 Å². The summed E-state index contributed by atoms with van der Waals surface area (Å²) in [6, 6.07) is 10.5. The summed E-state index contributed by atoms with van der Waals surface area (Å²) in [7, 11) is 0. The molecule has 1 aliphatic heterocycles. The molecule has 29 heavy (non-hydrogen) atoms. The standard InChI is InChI=1S/C24H33ClN2O2/c1-5-27(6-2)12-13-29-20-8-9-21-18(15-20)10-11-26-23(21)22-16-19(25)14-17(4)24(22)28-7-3/h8-9,14-16,23,26H,5-7,10-13H2,1-4H3. The number of benzene rings is 2. The molecule has 4 nitrogen and oxygen atoms in total. The van der Waals surface area contributed by atoms with Crippen LogP contribution in [0.3, 0.4) is 0 Å². The SMILES string of the molecule is CCOc1c(C)cc(Cl)cc1C1NCCc2cc(OCCN(CC)CC)ccc21. The Morgan fingerprint density at radius 2 is 1.86 bits per heavy atom. The number of rotatable bonds is 9. The van der Waals surface area contributed by atoms with Crippen molar-refractivity contribution >= 4 is 11.6 Å². The molecule has 1 unspecified atom stereocenters. The van der Waals surface area contributed by atoms with E-state index >= 15 is 0 Å². The van der Waals surface area contributed by atoms with Gasteiger partial charge >= 0.3 is 0 Å². The van der Waals surface area contributed by atoms with Crippen molar-refractivity contribution in [1.29, 1.82) is 0 Å². The Balaban J connectivity index is 1.83. The summed E-state index contributed by atoms with van der Waals surface area (Å²) in [6.45, 7) is 13.8. The third-order valence-corrected chi connectivity index (χ3v) is 5.82. The second-order valence-electron chi connectivity index (χ2n) is 7.45. The highest BCUT2D eigenvalue weighted by Crippen LogP contribution is 2.38. The molecule has 0 saturated carbocycles. The Labute approximate surface area is 180 Å². The van der Waals surface area contributed by atoms with Gasteiger partial charge in [0.15, 0.2) is 0 Å². The van der Waals surface area contributed by atoms with Gasteiger partial charge in [-0.3, -0.25) is 0 Å². The molecule has 0 amide bonds. The zero-order valence-corrected chi connectivity index (χ0v) is 18.8. The smallest absolute Gasteiger partial charge is 0.127 e. The molecule has 5 heteroatoms. The number of halogens is 1. The van der Waals surface area contributed by atoms with Gasteiger partial charge in [-0.15, -0.1) is 0 Å². The van der Waals surface area contributed by atoms with E-state index in [1.54, 1.807) is 0 Å². The van der Waals surface area contributed by atoms with Crippen LogP contribution in [0.5, 0.6) is 11.5 Å². The molecule has 1 aliphatic rings. The monoisotopic (exact) mass is 416 g/mol. The Hall–Kier alpha value is -1.75. The van der Waals surface area contributed by atoms with E-state index in [0.717, 1.165) is 60.2 Å². The summed E-state index contributed by atoms with van der Waals surface area (Å²) in [4.78, 5) is 2.37. The van der Waals surface area contributed by atoms with Crippen LogP contribution in [0.15, 0.2) is 30.3 Å². The number of nitrogens with one attached hydrogen (secondary N) is 1. The average molecular weight is 417 g/mol. The fourth-order valence-electron chi connectivity index (χ4n) is 4.05. The normalized spacial score (nSPS) is 16.0. The minimum absolute atomic E-state index is 0.0717. The maximum atomic E-state index is 6.39. The highest BCUT2D eigenvalue weighted by atomic mass is 35.5. The molecule has 0 bridgehead atoms. The third-order valence-electron chi connectivity index (χ3n) is 5.61. The van der Waals surface area contributed by atoms with Gasteiger partial charge in [0.2, 0.25) is 0 Å². The maximum absolute atomic E-state index is 6.39. The quantitative estimate of drug-likeness (QED) is 0.623. The fourth-order valence-corrected chi connectivity index (χ4v) is 4.33. The summed E-state index contributed by atoms with van der Waals surface area (Å²) < 4.78 is 12.0. The molecule has 1 atom stereocenters. The Morgan fingerprint density at radius 1 is 1.07 bits per heavy atom. The van der Waals surface area contributed by atoms with Crippen molar-refractivity contribution in [1.82, 2.24) is 10.2 Å². The van der Waals surface area contributed by atoms with Crippen molar-refractivity contribution < 1.29 is 9.47 Å². The number of fused-ring (bicyclic) bond motifs is 1. The van der Waals surface area contributed by atoms with Crippen LogP contribution < -0.4 is 14.8 Å². The van der Waals surface area contributed by atoms with Crippen molar-refractivity contribution in [3.8, 4) is 11.5 Å². The molecule has 0 saturated heterocycles. The van der Waals surface area contributed by atoms with Gasteiger partial charge in [0, 0.05) is 23.7 Å².